The fourth-order valence-electron chi connectivity index (χ4n) is 2.28. The van der Waals surface area contributed by atoms with E-state index in [2.05, 4.69) is 5.32 Å². The molecule has 0 aromatic heterocycles. The lowest BCUT2D eigenvalue weighted by Crippen LogP contribution is -2.64. The third kappa shape index (κ3) is 5.97. The van der Waals surface area contributed by atoms with Crippen LogP contribution in [0, 0.1) is 0 Å². The van der Waals surface area contributed by atoms with Gasteiger partial charge in [-0.15, -0.1) is 0 Å². The van der Waals surface area contributed by atoms with Crippen LogP contribution < -0.4 is 5.32 Å². The minimum absolute atomic E-state index is 0.263. The topological polar surface area (TPSA) is 117 Å². The van der Waals surface area contributed by atoms with Crippen molar-refractivity contribution in [2.45, 2.75) is 57.6 Å². The molecule has 0 aromatic carbocycles. The second kappa shape index (κ2) is 8.84. The van der Waals surface area contributed by atoms with Crippen LogP contribution in [0.3, 0.4) is 0 Å². The molecule has 5 atom stereocenters. The van der Waals surface area contributed by atoms with Gasteiger partial charge in [0, 0.05) is 27.7 Å². The zero-order chi connectivity index (χ0) is 18.4. The quantitative estimate of drug-likeness (QED) is 0.407. The van der Waals surface area contributed by atoms with E-state index in [1.165, 1.54) is 13.8 Å². The van der Waals surface area contributed by atoms with E-state index in [4.69, 9.17) is 30.5 Å². The Balaban J connectivity index is 3.11. The summed E-state index contributed by atoms with van der Waals surface area (Å²) in [5.41, 5.74) is -1.09. The van der Waals surface area contributed by atoms with Gasteiger partial charge in [0.05, 0.1) is 0 Å². The molecule has 9 nitrogen and oxygen atoms in total. The predicted octanol–water partition coefficient (Wildman–Crippen LogP) is -0.119. The van der Waals surface area contributed by atoms with Crippen LogP contribution in [0.4, 0.5) is 0 Å². The van der Waals surface area contributed by atoms with Crippen LogP contribution in [-0.4, -0.2) is 60.3 Å². The van der Waals surface area contributed by atoms with Crippen LogP contribution in [0.25, 0.3) is 0 Å². The molecule has 0 spiro atoms. The molecule has 0 bridgehead atoms. The first-order valence-corrected chi connectivity index (χ1v) is 7.60. The molecule has 10 heteroatoms. The van der Waals surface area contributed by atoms with Gasteiger partial charge in [0.1, 0.15) is 18.8 Å². The van der Waals surface area contributed by atoms with Gasteiger partial charge >= 0.3 is 17.9 Å². The van der Waals surface area contributed by atoms with Gasteiger partial charge in [-0.25, -0.2) is 0 Å². The molecule has 1 fully saturated rings. The highest BCUT2D eigenvalue weighted by molar-refractivity contribution is 6.20. The zero-order valence-corrected chi connectivity index (χ0v) is 14.5. The lowest BCUT2D eigenvalue weighted by Gasteiger charge is -2.43. The molecule has 136 valence electrons. The first-order chi connectivity index (χ1) is 11.1. The summed E-state index contributed by atoms with van der Waals surface area (Å²) in [5, 5.41) is 2.50. The number of esters is 3. The Morgan fingerprint density at radius 1 is 0.958 bits per heavy atom. The van der Waals surface area contributed by atoms with E-state index >= 15 is 0 Å². The van der Waals surface area contributed by atoms with Crippen LogP contribution in [0.5, 0.6) is 0 Å². The lowest BCUT2D eigenvalue weighted by molar-refractivity contribution is -0.212. The van der Waals surface area contributed by atoms with Gasteiger partial charge in [-0.1, -0.05) is 11.6 Å². The van der Waals surface area contributed by atoms with Crippen molar-refractivity contribution in [3.8, 4) is 0 Å². The lowest BCUT2D eigenvalue weighted by atomic mass is 9.97. The number of halogens is 1. The summed E-state index contributed by atoms with van der Waals surface area (Å²) in [7, 11) is 0. The van der Waals surface area contributed by atoms with Crippen LogP contribution in [0.15, 0.2) is 0 Å². The van der Waals surface area contributed by atoms with E-state index in [1.54, 1.807) is 0 Å². The van der Waals surface area contributed by atoms with Crippen molar-refractivity contribution in [3.63, 3.8) is 0 Å². The minimum atomic E-state index is -1.11. The van der Waals surface area contributed by atoms with Crippen LogP contribution >= 0.6 is 11.6 Å². The van der Waals surface area contributed by atoms with Crippen molar-refractivity contribution < 1.29 is 38.1 Å². The van der Waals surface area contributed by atoms with Crippen molar-refractivity contribution in [1.82, 2.24) is 5.32 Å². The molecule has 0 radical (unpaired) electrons. The maximum atomic E-state index is 11.4. The maximum Gasteiger partial charge on any atom is 0.303 e. The molecule has 1 N–H and O–H groups in total. The molecule has 0 aliphatic carbocycles. The molecule has 2 unspecified atom stereocenters. The van der Waals surface area contributed by atoms with Crippen LogP contribution in [0.1, 0.15) is 27.7 Å². The summed E-state index contributed by atoms with van der Waals surface area (Å²) in [6.07, 6.45) is -3.18. The predicted molar refractivity (Wildman–Crippen MR) is 79.9 cm³/mol. The third-order valence-corrected chi connectivity index (χ3v) is 3.43. The normalized spacial score (nSPS) is 29.3. The second-order valence-corrected chi connectivity index (χ2v) is 5.63. The average Bonchev–Trinajstić information content (AvgIpc) is 2.42. The largest absolute Gasteiger partial charge is 0.463 e. The van der Waals surface area contributed by atoms with Gasteiger partial charge in [-0.05, 0) is 0 Å². The van der Waals surface area contributed by atoms with E-state index in [0.29, 0.717) is 0 Å². The van der Waals surface area contributed by atoms with Gasteiger partial charge in [-0.2, -0.15) is 0 Å². The Kier molecular flexibility index (Phi) is 7.43. The Morgan fingerprint density at radius 3 is 1.96 bits per heavy atom. The summed E-state index contributed by atoms with van der Waals surface area (Å²) in [4.78, 5) is 45.2. The molecular weight excluding hydrogens is 346 g/mol. The van der Waals surface area contributed by atoms with E-state index in [-0.39, 0.29) is 6.61 Å². The number of carbonyl (C=O) groups excluding carboxylic acids is 4. The summed E-state index contributed by atoms with van der Waals surface area (Å²) in [6.45, 7) is 4.51. The average molecular weight is 366 g/mol. The Morgan fingerprint density at radius 2 is 1.50 bits per heavy atom. The Labute approximate surface area is 143 Å². The van der Waals surface area contributed by atoms with Crippen molar-refractivity contribution in [1.29, 1.82) is 0 Å². The number of amides is 1. The molecule has 24 heavy (non-hydrogen) atoms. The van der Waals surface area contributed by atoms with E-state index in [9.17, 15) is 19.2 Å². The molecule has 1 amide bonds. The third-order valence-electron chi connectivity index (χ3n) is 3.06. The summed E-state index contributed by atoms with van der Waals surface area (Å²) in [6, 6.07) is -0.953. The molecule has 1 heterocycles. The van der Waals surface area contributed by atoms with E-state index < -0.39 is 53.7 Å². The Bertz CT molecular complexity index is 511. The van der Waals surface area contributed by atoms with Crippen molar-refractivity contribution in [3.05, 3.63) is 0 Å². The number of rotatable bonds is 5. The molecule has 1 aliphatic rings. The SMILES string of the molecule is CC(=O)NC1[C@H](Cl)OC(COC(C)=O)[C@@H](OC(C)=O)[C@@H]1OC(C)=O. The zero-order valence-electron chi connectivity index (χ0n) is 13.7. The van der Waals surface area contributed by atoms with Crippen molar-refractivity contribution in [2.75, 3.05) is 6.61 Å². The number of ether oxygens (including phenoxy) is 4. The van der Waals surface area contributed by atoms with E-state index in [0.717, 1.165) is 13.8 Å². The van der Waals surface area contributed by atoms with E-state index in [1.807, 2.05) is 0 Å². The highest BCUT2D eigenvalue weighted by Crippen LogP contribution is 2.28. The Hall–Kier alpha value is -1.87. The fourth-order valence-corrected chi connectivity index (χ4v) is 2.62. The van der Waals surface area contributed by atoms with Gasteiger partial charge in [-0.3, -0.25) is 19.2 Å². The molecule has 1 rings (SSSR count). The molecule has 0 aromatic rings. The summed E-state index contributed by atoms with van der Waals surface area (Å²) in [5.74, 6) is -2.33. The maximum absolute atomic E-state index is 11.4. The monoisotopic (exact) mass is 365 g/mol. The highest BCUT2D eigenvalue weighted by atomic mass is 35.5. The van der Waals surface area contributed by atoms with Crippen molar-refractivity contribution in [2.24, 2.45) is 0 Å². The molecule has 1 aliphatic heterocycles. The highest BCUT2D eigenvalue weighted by Gasteiger charge is 2.50. The summed E-state index contributed by atoms with van der Waals surface area (Å²) < 4.78 is 20.7. The van der Waals surface area contributed by atoms with Gasteiger partial charge in [0.25, 0.3) is 0 Å². The number of nitrogens with one attached hydrogen (secondary N) is 1. The smallest absolute Gasteiger partial charge is 0.303 e. The first kappa shape index (κ1) is 20.2. The molecule has 1 saturated heterocycles. The summed E-state index contributed by atoms with van der Waals surface area (Å²) >= 11 is 6.11. The number of hydrogen-bond acceptors (Lipinski definition) is 8. The molecule has 0 saturated carbocycles. The van der Waals surface area contributed by atoms with Crippen LogP contribution in [-0.2, 0) is 38.1 Å². The minimum Gasteiger partial charge on any atom is -0.463 e. The first-order valence-electron chi connectivity index (χ1n) is 7.16. The number of hydrogen-bond donors (Lipinski definition) is 1. The van der Waals surface area contributed by atoms with Crippen molar-refractivity contribution >= 4 is 35.4 Å². The second-order valence-electron chi connectivity index (χ2n) is 5.20. The van der Waals surface area contributed by atoms with Gasteiger partial charge < -0.3 is 24.3 Å². The number of alkyl halides is 1. The molecular formula is C14H20ClNO8. The van der Waals surface area contributed by atoms with Gasteiger partial charge in [0.2, 0.25) is 5.91 Å². The van der Waals surface area contributed by atoms with Crippen LogP contribution in [0.2, 0.25) is 0 Å². The number of carbonyl (C=O) groups is 4. The van der Waals surface area contributed by atoms with Gasteiger partial charge in [0.15, 0.2) is 17.8 Å². The standard InChI is InChI=1S/C14H20ClNO8/c1-6(17)16-11-13(23-9(4)20)12(22-8(3)19)10(24-14(11)15)5-21-7(2)18/h10-14H,5H2,1-4H3,(H,16,17)/t10?,11?,12-,13-,14-/m1/s1. The fraction of sp³-hybridized carbons (Fsp3) is 0.714.